The van der Waals surface area contributed by atoms with Gasteiger partial charge < -0.3 is 20.2 Å². The van der Waals surface area contributed by atoms with Crippen LogP contribution in [-0.2, 0) is 19.5 Å². The van der Waals surface area contributed by atoms with Gasteiger partial charge in [0.1, 0.15) is 5.82 Å². The lowest BCUT2D eigenvalue weighted by Crippen LogP contribution is -2.45. The molecule has 0 spiro atoms. The number of benzene rings is 1. The molecule has 10 nitrogen and oxygen atoms in total. The molecule has 3 heterocycles. The third-order valence-corrected chi connectivity index (χ3v) is 5.59. The van der Waals surface area contributed by atoms with Gasteiger partial charge in [-0.25, -0.2) is 32.5 Å². The summed E-state index contributed by atoms with van der Waals surface area (Å²) >= 11 is 0. The summed E-state index contributed by atoms with van der Waals surface area (Å²) in [5, 5.41) is 0. The van der Waals surface area contributed by atoms with Crippen molar-refractivity contribution >= 4 is 16.0 Å². The van der Waals surface area contributed by atoms with E-state index in [1.807, 2.05) is 6.92 Å². The van der Waals surface area contributed by atoms with Crippen LogP contribution >= 0.6 is 0 Å². The Labute approximate surface area is 184 Å². The van der Waals surface area contributed by atoms with Gasteiger partial charge >= 0.3 is 0 Å². The lowest BCUT2D eigenvalue weighted by molar-refractivity contribution is -0.231. The van der Waals surface area contributed by atoms with E-state index in [2.05, 4.69) is 24.7 Å². The number of nitrogens with one attached hydrogen (secondary N) is 2. The van der Waals surface area contributed by atoms with E-state index in [1.54, 1.807) is 18.2 Å². The molecule has 4 rings (SSSR count). The molecule has 0 amide bonds. The van der Waals surface area contributed by atoms with Crippen molar-refractivity contribution in [3.63, 3.8) is 0 Å². The number of hydrogen-bond donors (Lipinski definition) is 3. The fraction of sp³-hybridized carbons (Fsp3) is 0.350. The van der Waals surface area contributed by atoms with Crippen molar-refractivity contribution in [1.82, 2.24) is 24.7 Å². The summed E-state index contributed by atoms with van der Waals surface area (Å²) in [6.45, 7) is 2.55. The SMILES string of the molecule is CC1(CNS(C)(=O)=O)COC(c2nc(-c3ccc(F)cc3)c(-c3ccnc(N)n3)[nH]2)OC1. The van der Waals surface area contributed by atoms with E-state index in [-0.39, 0.29) is 31.5 Å². The molecule has 1 aliphatic rings. The molecular weight excluding hydrogens is 439 g/mol. The van der Waals surface area contributed by atoms with Crippen molar-refractivity contribution in [1.29, 1.82) is 0 Å². The zero-order chi connectivity index (χ0) is 22.9. The molecule has 170 valence electrons. The van der Waals surface area contributed by atoms with Crippen LogP contribution in [0.25, 0.3) is 22.6 Å². The highest BCUT2D eigenvalue weighted by atomic mass is 32.2. The van der Waals surface area contributed by atoms with E-state index in [0.717, 1.165) is 6.26 Å². The standard InChI is InChI=1S/C20H23FN6O4S/c1-20(9-24-32(2,28)29)10-30-18(31-11-20)17-26-15(12-3-5-13(21)6-4-12)16(27-17)14-7-8-23-19(22)25-14/h3-8,18,24H,9-11H2,1-2H3,(H,26,27)(H2,22,23,25). The number of halogens is 1. The number of H-pyrrole nitrogens is 1. The second kappa shape index (κ2) is 8.54. The molecule has 1 aliphatic heterocycles. The van der Waals surface area contributed by atoms with Crippen molar-refractivity contribution in [3.8, 4) is 22.6 Å². The van der Waals surface area contributed by atoms with E-state index in [1.165, 1.54) is 18.3 Å². The number of rotatable bonds is 6. The largest absolute Gasteiger partial charge is 0.368 e. The molecule has 4 N–H and O–H groups in total. The van der Waals surface area contributed by atoms with Gasteiger partial charge in [0, 0.05) is 23.7 Å². The van der Waals surface area contributed by atoms with Gasteiger partial charge in [0.05, 0.1) is 36.6 Å². The molecule has 0 saturated carbocycles. The van der Waals surface area contributed by atoms with Crippen LogP contribution in [-0.4, -0.2) is 54.4 Å². The minimum Gasteiger partial charge on any atom is -0.368 e. The molecular formula is C20H23FN6O4S. The van der Waals surface area contributed by atoms with Crippen LogP contribution < -0.4 is 10.5 Å². The first kappa shape index (κ1) is 22.3. The number of aromatic amines is 1. The molecule has 1 fully saturated rings. The van der Waals surface area contributed by atoms with Gasteiger partial charge in [0.25, 0.3) is 0 Å². The number of sulfonamides is 1. The molecule has 1 aromatic carbocycles. The molecule has 12 heteroatoms. The molecule has 1 saturated heterocycles. The highest BCUT2D eigenvalue weighted by Gasteiger charge is 2.35. The second-order valence-electron chi connectivity index (χ2n) is 8.01. The molecule has 3 aromatic rings. The van der Waals surface area contributed by atoms with Crippen LogP contribution in [0.1, 0.15) is 19.0 Å². The summed E-state index contributed by atoms with van der Waals surface area (Å²) in [4.78, 5) is 16.0. The third kappa shape index (κ3) is 5.10. The Bertz CT molecular complexity index is 1210. The van der Waals surface area contributed by atoms with Crippen LogP contribution in [0, 0.1) is 11.2 Å². The number of imidazole rings is 1. The predicted octanol–water partition coefficient (Wildman–Crippen LogP) is 1.86. The fourth-order valence-electron chi connectivity index (χ4n) is 3.23. The molecule has 0 unspecified atom stereocenters. The first-order valence-corrected chi connectivity index (χ1v) is 11.6. The van der Waals surface area contributed by atoms with Crippen molar-refractivity contribution < 1.29 is 22.3 Å². The lowest BCUT2D eigenvalue weighted by Gasteiger charge is -2.36. The normalized spacial score (nSPS) is 21.5. The Balaban J connectivity index is 1.61. The Hall–Kier alpha value is -2.93. The molecule has 0 atom stereocenters. The van der Waals surface area contributed by atoms with Gasteiger partial charge in [0.2, 0.25) is 22.3 Å². The van der Waals surface area contributed by atoms with Crippen molar-refractivity contribution in [2.45, 2.75) is 13.2 Å². The average Bonchev–Trinajstić information content (AvgIpc) is 3.18. The first-order chi connectivity index (χ1) is 15.1. The number of nitrogens with two attached hydrogens (primary N) is 1. The Morgan fingerprint density at radius 1 is 1.22 bits per heavy atom. The van der Waals surface area contributed by atoms with Crippen LogP contribution in [0.2, 0.25) is 0 Å². The van der Waals surface area contributed by atoms with Crippen LogP contribution in [0.4, 0.5) is 10.3 Å². The molecule has 0 aliphatic carbocycles. The Morgan fingerprint density at radius 2 is 1.91 bits per heavy atom. The quantitative estimate of drug-likeness (QED) is 0.503. The number of nitrogen functional groups attached to an aromatic ring is 1. The smallest absolute Gasteiger partial charge is 0.220 e. The van der Waals surface area contributed by atoms with Gasteiger partial charge in [-0.05, 0) is 30.3 Å². The van der Waals surface area contributed by atoms with Gasteiger partial charge in [-0.15, -0.1) is 0 Å². The van der Waals surface area contributed by atoms with E-state index < -0.39 is 21.7 Å². The molecule has 0 bridgehead atoms. The summed E-state index contributed by atoms with van der Waals surface area (Å²) in [5.74, 6) is 0.135. The summed E-state index contributed by atoms with van der Waals surface area (Å²) in [6.07, 6.45) is 1.83. The average molecular weight is 463 g/mol. The van der Waals surface area contributed by atoms with E-state index in [9.17, 15) is 12.8 Å². The highest BCUT2D eigenvalue weighted by Crippen LogP contribution is 2.35. The molecule has 0 radical (unpaired) electrons. The van der Waals surface area contributed by atoms with Crippen molar-refractivity contribution in [2.75, 3.05) is 31.7 Å². The molecule has 32 heavy (non-hydrogen) atoms. The van der Waals surface area contributed by atoms with Gasteiger partial charge in [-0.2, -0.15) is 0 Å². The van der Waals surface area contributed by atoms with E-state index in [4.69, 9.17) is 15.2 Å². The Morgan fingerprint density at radius 3 is 2.53 bits per heavy atom. The summed E-state index contributed by atoms with van der Waals surface area (Å²) < 4.78 is 50.5. The van der Waals surface area contributed by atoms with Crippen LogP contribution in [0.3, 0.4) is 0 Å². The number of hydrogen-bond acceptors (Lipinski definition) is 8. The first-order valence-electron chi connectivity index (χ1n) is 9.74. The number of aromatic nitrogens is 4. The highest BCUT2D eigenvalue weighted by molar-refractivity contribution is 7.88. The second-order valence-corrected chi connectivity index (χ2v) is 9.84. The van der Waals surface area contributed by atoms with Crippen LogP contribution in [0.15, 0.2) is 36.5 Å². The maximum atomic E-state index is 13.4. The predicted molar refractivity (Wildman–Crippen MR) is 115 cm³/mol. The minimum atomic E-state index is -3.33. The maximum Gasteiger partial charge on any atom is 0.220 e. The third-order valence-electron chi connectivity index (χ3n) is 4.92. The lowest BCUT2D eigenvalue weighted by atomic mass is 9.92. The van der Waals surface area contributed by atoms with Gasteiger partial charge in [0.15, 0.2) is 5.82 Å². The van der Waals surface area contributed by atoms with Crippen molar-refractivity contribution in [2.24, 2.45) is 5.41 Å². The van der Waals surface area contributed by atoms with Gasteiger partial charge in [-0.3, -0.25) is 0 Å². The number of anilines is 1. The monoisotopic (exact) mass is 462 g/mol. The zero-order valence-electron chi connectivity index (χ0n) is 17.5. The summed E-state index contributed by atoms with van der Waals surface area (Å²) in [7, 11) is -3.33. The topological polar surface area (TPSA) is 145 Å². The van der Waals surface area contributed by atoms with Crippen LogP contribution in [0.5, 0.6) is 0 Å². The van der Waals surface area contributed by atoms with Crippen molar-refractivity contribution in [3.05, 3.63) is 48.2 Å². The Kier molecular flexibility index (Phi) is 5.95. The number of ether oxygens (including phenoxy) is 2. The van der Waals surface area contributed by atoms with E-state index >= 15 is 0 Å². The maximum absolute atomic E-state index is 13.4. The summed E-state index contributed by atoms with van der Waals surface area (Å²) in [6, 6.07) is 7.59. The number of nitrogens with zero attached hydrogens (tertiary/aromatic N) is 3. The van der Waals surface area contributed by atoms with Gasteiger partial charge in [-0.1, -0.05) is 6.92 Å². The molecule has 2 aromatic heterocycles. The van der Waals surface area contributed by atoms with E-state index in [0.29, 0.717) is 28.5 Å². The zero-order valence-corrected chi connectivity index (χ0v) is 18.3. The fourth-order valence-corrected chi connectivity index (χ4v) is 3.84. The summed E-state index contributed by atoms with van der Waals surface area (Å²) in [5.41, 5.74) is 7.46. The minimum absolute atomic E-state index is 0.100.